The van der Waals surface area contributed by atoms with Crippen molar-refractivity contribution in [3.63, 3.8) is 0 Å². The fourth-order valence-corrected chi connectivity index (χ4v) is 4.03. The molecule has 24 heavy (non-hydrogen) atoms. The van der Waals surface area contributed by atoms with Gasteiger partial charge in [-0.3, -0.25) is 4.79 Å². The van der Waals surface area contributed by atoms with Crippen molar-refractivity contribution in [3.05, 3.63) is 51.2 Å². The van der Waals surface area contributed by atoms with Crippen molar-refractivity contribution in [2.75, 3.05) is 13.2 Å². The van der Waals surface area contributed by atoms with Crippen LogP contribution in [0.2, 0.25) is 0 Å². The Morgan fingerprint density at radius 1 is 1.21 bits per heavy atom. The molecule has 1 amide bonds. The second-order valence-electron chi connectivity index (χ2n) is 5.30. The standard InChI is InChI=1S/C17H13BrN2O3S/c1-20-12-8-13-14(23-7-6-22-13)9-15(12)24-17(20)19-16(21)10-4-2-3-5-11(10)18/h2-5,8-9H,6-7H2,1H3. The highest BCUT2D eigenvalue weighted by molar-refractivity contribution is 9.10. The Bertz CT molecular complexity index is 1020. The van der Waals surface area contributed by atoms with Crippen LogP contribution in [-0.4, -0.2) is 23.7 Å². The van der Waals surface area contributed by atoms with Crippen LogP contribution in [0.4, 0.5) is 0 Å². The van der Waals surface area contributed by atoms with E-state index in [1.165, 1.54) is 11.3 Å². The van der Waals surface area contributed by atoms with Gasteiger partial charge in [0.05, 0.1) is 15.8 Å². The number of fused-ring (bicyclic) bond motifs is 2. The molecule has 5 nitrogen and oxygen atoms in total. The van der Waals surface area contributed by atoms with Gasteiger partial charge in [-0.15, -0.1) is 0 Å². The first-order chi connectivity index (χ1) is 11.6. The van der Waals surface area contributed by atoms with Gasteiger partial charge in [-0.05, 0) is 28.1 Å². The van der Waals surface area contributed by atoms with Crippen LogP contribution in [0.1, 0.15) is 10.4 Å². The molecule has 1 aliphatic heterocycles. The Labute approximate surface area is 150 Å². The fraction of sp³-hybridized carbons (Fsp3) is 0.176. The smallest absolute Gasteiger partial charge is 0.280 e. The van der Waals surface area contributed by atoms with Crippen molar-refractivity contribution in [3.8, 4) is 11.5 Å². The maximum absolute atomic E-state index is 12.5. The topological polar surface area (TPSA) is 52.8 Å². The minimum atomic E-state index is -0.276. The van der Waals surface area contributed by atoms with Crippen molar-refractivity contribution >= 4 is 43.4 Å². The molecular formula is C17H13BrN2O3S. The van der Waals surface area contributed by atoms with Gasteiger partial charge >= 0.3 is 0 Å². The van der Waals surface area contributed by atoms with Crippen LogP contribution in [0.15, 0.2) is 45.9 Å². The number of hydrogen-bond acceptors (Lipinski definition) is 4. The highest BCUT2D eigenvalue weighted by atomic mass is 79.9. The summed E-state index contributed by atoms with van der Waals surface area (Å²) in [7, 11) is 1.89. The van der Waals surface area contributed by atoms with Gasteiger partial charge in [-0.1, -0.05) is 23.5 Å². The number of carbonyl (C=O) groups is 1. The van der Waals surface area contributed by atoms with Crippen molar-refractivity contribution in [1.29, 1.82) is 0 Å². The summed E-state index contributed by atoms with van der Waals surface area (Å²) in [6, 6.07) is 11.1. The Kier molecular flexibility index (Phi) is 3.90. The van der Waals surface area contributed by atoms with Crippen LogP contribution < -0.4 is 14.3 Å². The Hall–Kier alpha value is -2.12. The first-order valence-electron chi connectivity index (χ1n) is 7.36. The SMILES string of the molecule is Cn1c(=NC(=O)c2ccccc2Br)sc2cc3c(cc21)OCCO3. The van der Waals surface area contributed by atoms with Crippen LogP contribution in [0.25, 0.3) is 10.2 Å². The number of rotatable bonds is 1. The molecule has 1 aromatic heterocycles. The van der Waals surface area contributed by atoms with Crippen molar-refractivity contribution in [2.45, 2.75) is 0 Å². The zero-order valence-corrected chi connectivity index (χ0v) is 15.2. The molecule has 0 bridgehead atoms. The van der Waals surface area contributed by atoms with Crippen LogP contribution in [-0.2, 0) is 7.05 Å². The molecule has 0 spiro atoms. The number of carbonyl (C=O) groups excluding carboxylic acids is 1. The molecule has 122 valence electrons. The molecular weight excluding hydrogens is 392 g/mol. The minimum Gasteiger partial charge on any atom is -0.486 e. The predicted octanol–water partition coefficient (Wildman–Crippen LogP) is 3.51. The van der Waals surface area contributed by atoms with Crippen LogP contribution in [0.5, 0.6) is 11.5 Å². The van der Waals surface area contributed by atoms with Crippen molar-refractivity contribution < 1.29 is 14.3 Å². The number of thiazole rings is 1. The quantitative estimate of drug-likeness (QED) is 0.623. The number of aryl methyl sites for hydroxylation is 1. The number of nitrogens with zero attached hydrogens (tertiary/aromatic N) is 2. The molecule has 0 saturated carbocycles. The highest BCUT2D eigenvalue weighted by Crippen LogP contribution is 2.35. The van der Waals surface area contributed by atoms with Crippen LogP contribution in [0, 0.1) is 0 Å². The molecule has 0 saturated heterocycles. The lowest BCUT2D eigenvalue weighted by atomic mass is 10.2. The molecule has 0 aliphatic carbocycles. The number of halogens is 1. The third kappa shape index (κ3) is 2.63. The predicted molar refractivity (Wildman–Crippen MR) is 95.8 cm³/mol. The minimum absolute atomic E-state index is 0.276. The number of aromatic nitrogens is 1. The number of amides is 1. The van der Waals surface area contributed by atoms with E-state index in [9.17, 15) is 4.79 Å². The summed E-state index contributed by atoms with van der Waals surface area (Å²) in [5.74, 6) is 1.19. The summed E-state index contributed by atoms with van der Waals surface area (Å²) in [5, 5.41) is 0. The lowest BCUT2D eigenvalue weighted by Gasteiger charge is -2.18. The molecule has 7 heteroatoms. The zero-order chi connectivity index (χ0) is 16.7. The van der Waals surface area contributed by atoms with Gasteiger partial charge in [0.15, 0.2) is 16.3 Å². The van der Waals surface area contributed by atoms with Gasteiger partial charge in [0.1, 0.15) is 13.2 Å². The summed E-state index contributed by atoms with van der Waals surface area (Å²) < 4.78 is 14.9. The normalized spacial score (nSPS) is 14.2. The molecule has 0 atom stereocenters. The number of benzene rings is 2. The molecule has 1 aliphatic rings. The average molecular weight is 405 g/mol. The van der Waals surface area contributed by atoms with Crippen LogP contribution in [0.3, 0.4) is 0 Å². The summed E-state index contributed by atoms with van der Waals surface area (Å²) in [6.07, 6.45) is 0. The summed E-state index contributed by atoms with van der Waals surface area (Å²) in [5.41, 5.74) is 1.50. The lowest BCUT2D eigenvalue weighted by Crippen LogP contribution is -2.15. The van der Waals surface area contributed by atoms with Crippen molar-refractivity contribution in [1.82, 2.24) is 4.57 Å². The first kappa shape index (κ1) is 15.4. The van der Waals surface area contributed by atoms with E-state index in [1.807, 2.05) is 41.9 Å². The Morgan fingerprint density at radius 2 is 1.92 bits per heavy atom. The van der Waals surface area contributed by atoms with Gasteiger partial charge < -0.3 is 14.0 Å². The van der Waals surface area contributed by atoms with E-state index in [1.54, 1.807) is 6.07 Å². The summed E-state index contributed by atoms with van der Waals surface area (Å²) in [4.78, 5) is 17.4. The maximum atomic E-state index is 12.5. The second kappa shape index (κ2) is 6.07. The van der Waals surface area contributed by atoms with E-state index < -0.39 is 0 Å². The number of hydrogen-bond donors (Lipinski definition) is 0. The molecule has 0 N–H and O–H groups in total. The lowest BCUT2D eigenvalue weighted by molar-refractivity contribution is 0.0997. The molecule has 0 fully saturated rings. The van der Waals surface area contributed by atoms with E-state index in [0.29, 0.717) is 23.6 Å². The third-order valence-corrected chi connectivity index (χ3v) is 5.56. The second-order valence-corrected chi connectivity index (χ2v) is 7.17. The largest absolute Gasteiger partial charge is 0.486 e. The molecule has 4 rings (SSSR count). The fourth-order valence-electron chi connectivity index (χ4n) is 2.55. The molecule has 0 radical (unpaired) electrons. The van der Waals surface area contributed by atoms with Gasteiger partial charge in [-0.25, -0.2) is 0 Å². The van der Waals surface area contributed by atoms with Gasteiger partial charge in [0.2, 0.25) is 0 Å². The van der Waals surface area contributed by atoms with Gasteiger partial charge in [0.25, 0.3) is 5.91 Å². The summed E-state index contributed by atoms with van der Waals surface area (Å²) in [6.45, 7) is 1.10. The summed E-state index contributed by atoms with van der Waals surface area (Å²) >= 11 is 4.84. The van der Waals surface area contributed by atoms with E-state index in [2.05, 4.69) is 20.9 Å². The van der Waals surface area contributed by atoms with Crippen LogP contribution >= 0.6 is 27.3 Å². The maximum Gasteiger partial charge on any atom is 0.280 e. The monoisotopic (exact) mass is 404 g/mol. The van der Waals surface area contributed by atoms with Crippen molar-refractivity contribution in [2.24, 2.45) is 12.0 Å². The Morgan fingerprint density at radius 3 is 2.67 bits per heavy atom. The van der Waals surface area contributed by atoms with E-state index in [-0.39, 0.29) is 5.91 Å². The van der Waals surface area contributed by atoms with E-state index in [4.69, 9.17) is 9.47 Å². The highest BCUT2D eigenvalue weighted by Gasteiger charge is 2.16. The van der Waals surface area contributed by atoms with Gasteiger partial charge in [-0.2, -0.15) is 4.99 Å². The van der Waals surface area contributed by atoms with E-state index >= 15 is 0 Å². The molecule has 2 aromatic carbocycles. The third-order valence-electron chi connectivity index (χ3n) is 3.77. The Balaban J connectivity index is 1.83. The molecule has 0 unspecified atom stereocenters. The number of ether oxygens (including phenoxy) is 2. The average Bonchev–Trinajstić information content (AvgIpc) is 2.88. The molecule has 3 aromatic rings. The zero-order valence-electron chi connectivity index (χ0n) is 12.8. The van der Waals surface area contributed by atoms with Gasteiger partial charge in [0, 0.05) is 23.7 Å². The first-order valence-corrected chi connectivity index (χ1v) is 8.97. The molecule has 2 heterocycles. The van der Waals surface area contributed by atoms with E-state index in [0.717, 1.165) is 26.2 Å².